The first-order valence-corrected chi connectivity index (χ1v) is 8.58. The molecule has 1 aromatic rings. The fourth-order valence-electron chi connectivity index (χ4n) is 3.49. The van der Waals surface area contributed by atoms with Gasteiger partial charge in [0, 0.05) is 11.4 Å². The normalized spacial score (nSPS) is 25.8. The van der Waals surface area contributed by atoms with Gasteiger partial charge in [-0.1, -0.05) is 13.3 Å². The van der Waals surface area contributed by atoms with E-state index in [4.69, 9.17) is 0 Å². The number of hydrogen-bond acceptors (Lipinski definition) is 3. The van der Waals surface area contributed by atoms with Crippen molar-refractivity contribution in [2.75, 3.05) is 13.2 Å². The van der Waals surface area contributed by atoms with Gasteiger partial charge in [-0.3, -0.25) is 4.79 Å². The van der Waals surface area contributed by atoms with E-state index in [1.165, 1.54) is 23.3 Å². The van der Waals surface area contributed by atoms with E-state index in [2.05, 4.69) is 13.0 Å². The molecule has 0 saturated carbocycles. The Balaban J connectivity index is 1.78. The van der Waals surface area contributed by atoms with Crippen molar-refractivity contribution in [1.29, 1.82) is 0 Å². The van der Waals surface area contributed by atoms with Crippen molar-refractivity contribution in [3.8, 4) is 0 Å². The highest BCUT2D eigenvalue weighted by molar-refractivity contribution is 7.14. The summed E-state index contributed by atoms with van der Waals surface area (Å²) >= 11 is 1.68. The predicted molar refractivity (Wildman–Crippen MR) is 81.3 cm³/mol. The minimum Gasteiger partial charge on any atom is -0.394 e. The number of thiophene rings is 1. The summed E-state index contributed by atoms with van der Waals surface area (Å²) < 4.78 is 0. The van der Waals surface area contributed by atoms with Crippen LogP contribution in [0.15, 0.2) is 6.07 Å². The van der Waals surface area contributed by atoms with Crippen LogP contribution in [0.1, 0.15) is 52.7 Å². The maximum absolute atomic E-state index is 12.6. The van der Waals surface area contributed by atoms with Crippen LogP contribution < -0.4 is 0 Å². The molecule has 1 fully saturated rings. The van der Waals surface area contributed by atoms with Crippen molar-refractivity contribution in [3.63, 3.8) is 0 Å². The van der Waals surface area contributed by atoms with Crippen LogP contribution >= 0.6 is 11.3 Å². The Kier molecular flexibility index (Phi) is 4.13. The molecule has 4 heteroatoms. The molecule has 0 aromatic carbocycles. The van der Waals surface area contributed by atoms with Crippen LogP contribution in [0.2, 0.25) is 0 Å². The highest BCUT2D eigenvalue weighted by atomic mass is 32.1. The zero-order chi connectivity index (χ0) is 14.1. The lowest BCUT2D eigenvalue weighted by Gasteiger charge is -2.22. The summed E-state index contributed by atoms with van der Waals surface area (Å²) in [6, 6.07) is 2.15. The number of carbonyl (C=O) groups excluding carboxylic acids is 1. The Morgan fingerprint density at radius 3 is 3.10 bits per heavy atom. The number of rotatable bonds is 3. The molecule has 110 valence electrons. The van der Waals surface area contributed by atoms with E-state index in [1.54, 1.807) is 11.3 Å². The third-order valence-corrected chi connectivity index (χ3v) is 6.05. The lowest BCUT2D eigenvalue weighted by molar-refractivity contribution is 0.0682. The molecule has 3 rings (SSSR count). The average molecular weight is 293 g/mol. The van der Waals surface area contributed by atoms with Crippen molar-refractivity contribution >= 4 is 17.2 Å². The highest BCUT2D eigenvalue weighted by Gasteiger charge is 2.31. The molecule has 0 bridgehead atoms. The van der Waals surface area contributed by atoms with Crippen LogP contribution in [-0.2, 0) is 12.8 Å². The van der Waals surface area contributed by atoms with E-state index in [0.717, 1.165) is 43.0 Å². The number of hydrogen-bond donors (Lipinski definition) is 1. The summed E-state index contributed by atoms with van der Waals surface area (Å²) in [4.78, 5) is 16.8. The number of aryl methyl sites for hydroxylation is 1. The summed E-state index contributed by atoms with van der Waals surface area (Å²) in [5.41, 5.74) is 1.40. The lowest BCUT2D eigenvalue weighted by atomic mass is 9.87. The molecule has 0 radical (unpaired) electrons. The summed E-state index contributed by atoms with van der Waals surface area (Å²) in [5, 5.41) is 9.37. The van der Waals surface area contributed by atoms with E-state index in [9.17, 15) is 9.90 Å². The molecular formula is C16H23NO2S. The second kappa shape index (κ2) is 5.86. The first kappa shape index (κ1) is 14.1. The van der Waals surface area contributed by atoms with Gasteiger partial charge in [-0.25, -0.2) is 0 Å². The highest BCUT2D eigenvalue weighted by Crippen LogP contribution is 2.34. The molecule has 2 aliphatic rings. The standard InChI is InChI=1S/C16H23NO2S/c1-2-11-5-6-14-12(8-11)9-15(20-14)16(19)17-7-3-4-13(17)10-18/h9,11,13,18H,2-8,10H2,1H3/t11?,13-/m0/s1. The molecule has 2 heterocycles. The van der Waals surface area contributed by atoms with Gasteiger partial charge in [0.1, 0.15) is 0 Å². The van der Waals surface area contributed by atoms with Crippen LogP contribution in [-0.4, -0.2) is 35.1 Å². The minimum absolute atomic E-state index is 0.0324. The molecule has 20 heavy (non-hydrogen) atoms. The molecule has 1 N–H and O–H groups in total. The van der Waals surface area contributed by atoms with Crippen LogP contribution in [0.3, 0.4) is 0 Å². The molecule has 1 saturated heterocycles. The maximum Gasteiger partial charge on any atom is 0.264 e. The van der Waals surface area contributed by atoms with Gasteiger partial charge in [0.15, 0.2) is 0 Å². The van der Waals surface area contributed by atoms with Crippen molar-refractivity contribution in [3.05, 3.63) is 21.4 Å². The molecule has 1 amide bonds. The zero-order valence-electron chi connectivity index (χ0n) is 12.1. The Labute approximate surface area is 124 Å². The quantitative estimate of drug-likeness (QED) is 0.931. The number of likely N-dealkylation sites (tertiary alicyclic amines) is 1. The van der Waals surface area contributed by atoms with Crippen LogP contribution in [0.5, 0.6) is 0 Å². The fraction of sp³-hybridized carbons (Fsp3) is 0.688. The Morgan fingerprint density at radius 1 is 1.50 bits per heavy atom. The van der Waals surface area contributed by atoms with Gasteiger partial charge in [0.05, 0.1) is 17.5 Å². The summed E-state index contributed by atoms with van der Waals surface area (Å²) in [7, 11) is 0. The van der Waals surface area contributed by atoms with Crippen molar-refractivity contribution in [2.45, 2.75) is 51.5 Å². The Hall–Kier alpha value is -0.870. The number of aliphatic hydroxyl groups is 1. The van der Waals surface area contributed by atoms with Gasteiger partial charge >= 0.3 is 0 Å². The van der Waals surface area contributed by atoms with E-state index in [-0.39, 0.29) is 18.6 Å². The molecule has 3 nitrogen and oxygen atoms in total. The molecule has 1 aliphatic heterocycles. The molecule has 2 atom stereocenters. The number of carbonyl (C=O) groups is 1. The van der Waals surface area contributed by atoms with Gasteiger partial charge in [0.2, 0.25) is 0 Å². The van der Waals surface area contributed by atoms with Gasteiger partial charge in [-0.15, -0.1) is 11.3 Å². The first-order chi connectivity index (χ1) is 9.72. The Morgan fingerprint density at radius 2 is 2.35 bits per heavy atom. The van der Waals surface area contributed by atoms with Gasteiger partial charge in [-0.05, 0) is 49.7 Å². The monoisotopic (exact) mass is 293 g/mol. The maximum atomic E-state index is 12.6. The molecule has 0 spiro atoms. The average Bonchev–Trinajstić information content (AvgIpc) is 3.11. The Bertz CT molecular complexity index is 497. The second-order valence-corrected chi connectivity index (χ2v) is 7.19. The largest absolute Gasteiger partial charge is 0.394 e. The van der Waals surface area contributed by atoms with Crippen LogP contribution in [0, 0.1) is 5.92 Å². The van der Waals surface area contributed by atoms with Crippen LogP contribution in [0.4, 0.5) is 0 Å². The van der Waals surface area contributed by atoms with Crippen molar-refractivity contribution in [2.24, 2.45) is 5.92 Å². The fourth-order valence-corrected chi connectivity index (χ4v) is 4.65. The number of nitrogens with zero attached hydrogens (tertiary/aromatic N) is 1. The SMILES string of the molecule is CCC1CCc2sc(C(=O)N3CCC[C@H]3CO)cc2C1. The zero-order valence-corrected chi connectivity index (χ0v) is 12.9. The topological polar surface area (TPSA) is 40.5 Å². The van der Waals surface area contributed by atoms with Gasteiger partial charge in [-0.2, -0.15) is 0 Å². The summed E-state index contributed by atoms with van der Waals surface area (Å²) in [6.45, 7) is 3.14. The van der Waals surface area contributed by atoms with E-state index < -0.39 is 0 Å². The summed E-state index contributed by atoms with van der Waals surface area (Å²) in [5.74, 6) is 0.922. The summed E-state index contributed by atoms with van der Waals surface area (Å²) in [6.07, 6.45) is 6.72. The predicted octanol–water partition coefficient (Wildman–Crippen LogP) is 2.86. The van der Waals surface area contributed by atoms with E-state index in [0.29, 0.717) is 0 Å². The second-order valence-electron chi connectivity index (χ2n) is 6.05. The van der Waals surface area contributed by atoms with Crippen molar-refractivity contribution in [1.82, 2.24) is 4.90 Å². The molecular weight excluding hydrogens is 270 g/mol. The van der Waals surface area contributed by atoms with Crippen LogP contribution in [0.25, 0.3) is 0 Å². The third-order valence-electron chi connectivity index (χ3n) is 4.82. The van der Waals surface area contributed by atoms with Gasteiger partial charge < -0.3 is 10.0 Å². The molecule has 1 aliphatic carbocycles. The van der Waals surface area contributed by atoms with Crippen molar-refractivity contribution < 1.29 is 9.90 Å². The third kappa shape index (κ3) is 2.51. The lowest BCUT2D eigenvalue weighted by Crippen LogP contribution is -2.37. The number of aliphatic hydroxyl groups excluding tert-OH is 1. The minimum atomic E-state index is 0.0324. The number of amides is 1. The number of fused-ring (bicyclic) bond motifs is 1. The molecule has 1 aromatic heterocycles. The molecule has 1 unspecified atom stereocenters. The van der Waals surface area contributed by atoms with Gasteiger partial charge in [0.25, 0.3) is 5.91 Å². The first-order valence-electron chi connectivity index (χ1n) is 7.76. The van der Waals surface area contributed by atoms with E-state index in [1.807, 2.05) is 4.90 Å². The van der Waals surface area contributed by atoms with E-state index >= 15 is 0 Å². The smallest absolute Gasteiger partial charge is 0.264 e.